The van der Waals surface area contributed by atoms with Gasteiger partial charge >= 0.3 is 6.18 Å². The topological polar surface area (TPSA) is 97.8 Å². The van der Waals surface area contributed by atoms with Gasteiger partial charge in [-0.1, -0.05) is 0 Å². The van der Waals surface area contributed by atoms with E-state index < -0.39 is 22.4 Å². The van der Waals surface area contributed by atoms with Gasteiger partial charge in [0.15, 0.2) is 0 Å². The number of nitro groups is 1. The van der Waals surface area contributed by atoms with Crippen molar-refractivity contribution in [2.45, 2.75) is 6.18 Å². The third kappa shape index (κ3) is 2.49. The molecule has 0 radical (unpaired) electrons. The van der Waals surface area contributed by atoms with Gasteiger partial charge < -0.3 is 5.73 Å². The van der Waals surface area contributed by atoms with E-state index in [1.165, 1.54) is 6.07 Å². The Hall–Kier alpha value is -2.58. The second-order valence-corrected chi connectivity index (χ2v) is 3.69. The maximum atomic E-state index is 12.5. The molecule has 0 aliphatic carbocycles. The normalized spacial score (nSPS) is 11.5. The lowest BCUT2D eigenvalue weighted by molar-refractivity contribution is -0.384. The number of alkyl halides is 3. The standard InChI is InChI=1S/C10H7F3N4O2/c11-10(12,13)5-1-2-6(8(3-5)17(18)19)7-4-9(14)16-15-7/h1-4H,(H3,14,15,16). The molecule has 6 nitrogen and oxygen atoms in total. The maximum absolute atomic E-state index is 12.5. The number of anilines is 1. The van der Waals surface area contributed by atoms with Crippen LogP contribution in [0.1, 0.15) is 5.56 Å². The lowest BCUT2D eigenvalue weighted by Crippen LogP contribution is -2.06. The number of halogens is 3. The van der Waals surface area contributed by atoms with Gasteiger partial charge in [-0.3, -0.25) is 15.2 Å². The molecule has 0 saturated heterocycles. The van der Waals surface area contributed by atoms with E-state index in [9.17, 15) is 23.3 Å². The molecule has 0 amide bonds. The van der Waals surface area contributed by atoms with Gasteiger partial charge in [0.05, 0.1) is 21.7 Å². The fourth-order valence-corrected chi connectivity index (χ4v) is 1.56. The SMILES string of the molecule is Nc1cc(-c2ccc(C(F)(F)F)cc2[N+](=O)[O-])[nH]n1. The fraction of sp³-hybridized carbons (Fsp3) is 0.100. The Balaban J connectivity index is 2.60. The van der Waals surface area contributed by atoms with E-state index in [0.29, 0.717) is 6.07 Å². The lowest BCUT2D eigenvalue weighted by atomic mass is 10.1. The number of hydrogen-bond acceptors (Lipinski definition) is 4. The zero-order valence-corrected chi connectivity index (χ0v) is 9.23. The molecule has 2 rings (SSSR count). The number of nitrogens with one attached hydrogen (secondary N) is 1. The van der Waals surface area contributed by atoms with Crippen LogP contribution in [0, 0.1) is 10.1 Å². The van der Waals surface area contributed by atoms with Crippen LogP contribution in [-0.4, -0.2) is 15.1 Å². The number of benzene rings is 1. The Labute approximate surface area is 104 Å². The predicted octanol–water partition coefficient (Wildman–Crippen LogP) is 2.59. The molecule has 0 spiro atoms. The summed E-state index contributed by atoms with van der Waals surface area (Å²) in [6, 6.07) is 3.55. The molecule has 0 aliphatic rings. The van der Waals surface area contributed by atoms with E-state index in [0.717, 1.165) is 12.1 Å². The van der Waals surface area contributed by atoms with Crippen LogP contribution in [0.2, 0.25) is 0 Å². The predicted molar refractivity (Wildman–Crippen MR) is 60.1 cm³/mol. The highest BCUT2D eigenvalue weighted by Crippen LogP contribution is 2.36. The monoisotopic (exact) mass is 272 g/mol. The highest BCUT2D eigenvalue weighted by Gasteiger charge is 2.33. The van der Waals surface area contributed by atoms with Gasteiger partial charge in [0.25, 0.3) is 5.69 Å². The number of hydrogen-bond donors (Lipinski definition) is 2. The second-order valence-electron chi connectivity index (χ2n) is 3.69. The molecule has 0 aliphatic heterocycles. The minimum absolute atomic E-state index is 0.0119. The summed E-state index contributed by atoms with van der Waals surface area (Å²) in [5.74, 6) is 0.0872. The molecule has 2 aromatic rings. The number of aromatic amines is 1. The molecular formula is C10H7F3N4O2. The summed E-state index contributed by atoms with van der Waals surface area (Å²) >= 11 is 0. The summed E-state index contributed by atoms with van der Waals surface area (Å²) in [7, 11) is 0. The van der Waals surface area contributed by atoms with Gasteiger partial charge in [-0.25, -0.2) is 0 Å². The van der Waals surface area contributed by atoms with E-state index in [-0.39, 0.29) is 17.1 Å². The van der Waals surface area contributed by atoms with Gasteiger partial charge in [0.2, 0.25) is 0 Å². The van der Waals surface area contributed by atoms with Crippen LogP contribution in [-0.2, 0) is 6.18 Å². The Kier molecular flexibility index (Phi) is 2.89. The van der Waals surface area contributed by atoms with E-state index >= 15 is 0 Å². The molecule has 1 aromatic heterocycles. The number of H-pyrrole nitrogens is 1. The van der Waals surface area contributed by atoms with Crippen LogP contribution in [0.5, 0.6) is 0 Å². The highest BCUT2D eigenvalue weighted by atomic mass is 19.4. The molecule has 9 heteroatoms. The fourth-order valence-electron chi connectivity index (χ4n) is 1.56. The summed E-state index contributed by atoms with van der Waals surface area (Å²) in [5.41, 5.74) is 3.76. The number of nitrogens with two attached hydrogens (primary N) is 1. The van der Waals surface area contributed by atoms with Crippen LogP contribution in [0.3, 0.4) is 0 Å². The van der Waals surface area contributed by atoms with E-state index in [1.54, 1.807) is 0 Å². The van der Waals surface area contributed by atoms with Crippen molar-refractivity contribution >= 4 is 11.5 Å². The summed E-state index contributed by atoms with van der Waals surface area (Å²) in [5, 5.41) is 16.8. The van der Waals surface area contributed by atoms with Gasteiger partial charge in [0.1, 0.15) is 5.82 Å². The summed E-state index contributed by atoms with van der Waals surface area (Å²) < 4.78 is 37.5. The minimum atomic E-state index is -4.64. The van der Waals surface area contributed by atoms with Crippen LogP contribution >= 0.6 is 0 Å². The van der Waals surface area contributed by atoms with Crippen LogP contribution in [0.15, 0.2) is 24.3 Å². The maximum Gasteiger partial charge on any atom is 0.416 e. The first-order chi connectivity index (χ1) is 8.79. The van der Waals surface area contributed by atoms with Gasteiger partial charge in [0, 0.05) is 12.1 Å². The number of nitro benzene ring substituents is 1. The summed E-state index contributed by atoms with van der Waals surface area (Å²) in [6.07, 6.45) is -4.64. The number of rotatable bonds is 2. The number of nitrogens with zero attached hydrogens (tertiary/aromatic N) is 2. The van der Waals surface area contributed by atoms with Crippen LogP contribution in [0.4, 0.5) is 24.7 Å². The van der Waals surface area contributed by atoms with Gasteiger partial charge in [-0.15, -0.1) is 0 Å². The summed E-state index contributed by atoms with van der Waals surface area (Å²) in [6.45, 7) is 0. The first-order valence-corrected chi connectivity index (χ1v) is 4.96. The van der Waals surface area contributed by atoms with Gasteiger partial charge in [-0.05, 0) is 12.1 Å². The Morgan fingerprint density at radius 2 is 2.00 bits per heavy atom. The van der Waals surface area contributed by atoms with Crippen molar-refractivity contribution in [3.8, 4) is 11.3 Å². The molecule has 1 heterocycles. The molecular weight excluding hydrogens is 265 g/mol. The van der Waals surface area contributed by atoms with Crippen molar-refractivity contribution in [1.29, 1.82) is 0 Å². The van der Waals surface area contributed by atoms with Crippen molar-refractivity contribution < 1.29 is 18.1 Å². The average Bonchev–Trinajstić information content (AvgIpc) is 2.73. The van der Waals surface area contributed by atoms with Crippen molar-refractivity contribution in [3.63, 3.8) is 0 Å². The van der Waals surface area contributed by atoms with Crippen molar-refractivity contribution in [2.24, 2.45) is 0 Å². The molecule has 3 N–H and O–H groups in total. The Morgan fingerprint density at radius 3 is 2.47 bits per heavy atom. The highest BCUT2D eigenvalue weighted by molar-refractivity contribution is 5.72. The molecule has 0 fully saturated rings. The van der Waals surface area contributed by atoms with E-state index in [1.807, 2.05) is 0 Å². The second kappa shape index (κ2) is 4.26. The van der Waals surface area contributed by atoms with Crippen molar-refractivity contribution in [3.05, 3.63) is 39.9 Å². The van der Waals surface area contributed by atoms with Crippen molar-refractivity contribution in [1.82, 2.24) is 10.2 Å². The molecule has 0 bridgehead atoms. The Bertz CT molecular complexity index is 636. The lowest BCUT2D eigenvalue weighted by Gasteiger charge is -2.07. The van der Waals surface area contributed by atoms with Crippen LogP contribution in [0.25, 0.3) is 11.3 Å². The van der Waals surface area contributed by atoms with E-state index in [4.69, 9.17) is 5.73 Å². The third-order valence-corrected chi connectivity index (χ3v) is 2.41. The molecule has 0 saturated carbocycles. The molecule has 1 aromatic carbocycles. The van der Waals surface area contributed by atoms with E-state index in [2.05, 4.69) is 10.2 Å². The Morgan fingerprint density at radius 1 is 1.32 bits per heavy atom. The molecule has 0 unspecified atom stereocenters. The largest absolute Gasteiger partial charge is 0.416 e. The number of aromatic nitrogens is 2. The number of nitrogen functional groups attached to an aromatic ring is 1. The minimum Gasteiger partial charge on any atom is -0.382 e. The third-order valence-electron chi connectivity index (χ3n) is 2.41. The average molecular weight is 272 g/mol. The first-order valence-electron chi connectivity index (χ1n) is 4.96. The quantitative estimate of drug-likeness (QED) is 0.648. The smallest absolute Gasteiger partial charge is 0.382 e. The summed E-state index contributed by atoms with van der Waals surface area (Å²) in [4.78, 5) is 9.97. The van der Waals surface area contributed by atoms with Gasteiger partial charge in [-0.2, -0.15) is 18.3 Å². The van der Waals surface area contributed by atoms with Crippen LogP contribution < -0.4 is 5.73 Å². The van der Waals surface area contributed by atoms with Crippen molar-refractivity contribution in [2.75, 3.05) is 5.73 Å². The molecule has 0 atom stereocenters. The first kappa shape index (κ1) is 12.9. The molecule has 100 valence electrons. The molecule has 19 heavy (non-hydrogen) atoms. The zero-order chi connectivity index (χ0) is 14.2. The zero-order valence-electron chi connectivity index (χ0n) is 9.23.